The van der Waals surface area contributed by atoms with Gasteiger partial charge in [-0.1, -0.05) is 23.8 Å². The first-order chi connectivity index (χ1) is 6.99. The number of halogens is 2. The summed E-state index contributed by atoms with van der Waals surface area (Å²) in [7, 11) is 0. The van der Waals surface area contributed by atoms with Crippen LogP contribution in [0, 0.1) is 6.92 Å². The van der Waals surface area contributed by atoms with Crippen molar-refractivity contribution in [1.29, 1.82) is 0 Å². The predicted molar refractivity (Wildman–Crippen MR) is 57.8 cm³/mol. The van der Waals surface area contributed by atoms with E-state index in [0.29, 0.717) is 0 Å². The summed E-state index contributed by atoms with van der Waals surface area (Å²) in [6, 6.07) is 4.76. The molecule has 0 radical (unpaired) electrons. The maximum atomic E-state index is 13.5. The molecule has 0 aliphatic carbocycles. The Bertz CT molecular complexity index is 359. The molecule has 0 atom stereocenters. The molecule has 0 spiro atoms. The third kappa shape index (κ3) is 2.86. The first-order valence-corrected chi connectivity index (χ1v) is 4.79. The van der Waals surface area contributed by atoms with Crippen molar-refractivity contribution < 1.29 is 8.78 Å². The van der Waals surface area contributed by atoms with Crippen LogP contribution in [-0.4, -0.2) is 0 Å². The van der Waals surface area contributed by atoms with Gasteiger partial charge in [0, 0.05) is 18.5 Å². The number of hydrogen-bond acceptors (Lipinski definition) is 1. The molecular weight excluding hydrogens is 196 g/mol. The summed E-state index contributed by atoms with van der Waals surface area (Å²) in [5, 5.41) is 0. The highest BCUT2D eigenvalue weighted by Gasteiger charge is 2.29. The summed E-state index contributed by atoms with van der Waals surface area (Å²) < 4.78 is 27.1. The second-order valence-corrected chi connectivity index (χ2v) is 3.61. The van der Waals surface area contributed by atoms with Crippen LogP contribution in [0.3, 0.4) is 0 Å². The van der Waals surface area contributed by atoms with E-state index < -0.39 is 5.92 Å². The zero-order valence-corrected chi connectivity index (χ0v) is 8.76. The van der Waals surface area contributed by atoms with Crippen LogP contribution >= 0.6 is 0 Å². The van der Waals surface area contributed by atoms with E-state index in [4.69, 9.17) is 5.73 Å². The molecule has 0 bridgehead atoms. The molecule has 3 heteroatoms. The number of benzene rings is 1. The van der Waals surface area contributed by atoms with Gasteiger partial charge in [-0.3, -0.25) is 0 Å². The Hall–Kier alpha value is -1.22. The number of aryl methyl sites for hydroxylation is 1. The normalized spacial score (nSPS) is 11.5. The first-order valence-electron chi connectivity index (χ1n) is 4.79. The monoisotopic (exact) mass is 211 g/mol. The summed E-state index contributed by atoms with van der Waals surface area (Å²) in [4.78, 5) is 0. The summed E-state index contributed by atoms with van der Waals surface area (Å²) in [5.41, 5.74) is 6.99. The quantitative estimate of drug-likeness (QED) is 0.761. The van der Waals surface area contributed by atoms with Crippen molar-refractivity contribution in [2.75, 3.05) is 0 Å². The molecule has 15 heavy (non-hydrogen) atoms. The Labute approximate surface area is 88.6 Å². The van der Waals surface area contributed by atoms with Gasteiger partial charge >= 0.3 is 0 Å². The van der Waals surface area contributed by atoms with Crippen LogP contribution in [0.4, 0.5) is 8.78 Å². The highest BCUT2D eigenvalue weighted by atomic mass is 19.3. The number of alkyl halides is 2. The van der Waals surface area contributed by atoms with Gasteiger partial charge in [0.2, 0.25) is 0 Å². The fourth-order valence-corrected chi connectivity index (χ4v) is 1.49. The molecule has 0 fully saturated rings. The van der Waals surface area contributed by atoms with E-state index in [-0.39, 0.29) is 18.5 Å². The van der Waals surface area contributed by atoms with Crippen LogP contribution < -0.4 is 5.73 Å². The molecule has 0 aliphatic heterocycles. The third-order valence-electron chi connectivity index (χ3n) is 2.20. The van der Waals surface area contributed by atoms with Crippen molar-refractivity contribution >= 4 is 0 Å². The summed E-state index contributed by atoms with van der Waals surface area (Å²) in [6.07, 6.45) is 0.880. The lowest BCUT2D eigenvalue weighted by atomic mass is 10.00. The van der Waals surface area contributed by atoms with Gasteiger partial charge in [-0.2, -0.15) is 0 Å². The van der Waals surface area contributed by atoms with Gasteiger partial charge in [0.05, 0.1) is 0 Å². The minimum atomic E-state index is -2.85. The third-order valence-corrected chi connectivity index (χ3v) is 2.20. The molecule has 0 unspecified atom stereocenters. The van der Waals surface area contributed by atoms with E-state index in [1.165, 1.54) is 18.2 Å². The maximum Gasteiger partial charge on any atom is 0.276 e. The van der Waals surface area contributed by atoms with E-state index in [2.05, 4.69) is 6.58 Å². The van der Waals surface area contributed by atoms with Gasteiger partial charge in [0.1, 0.15) is 0 Å². The van der Waals surface area contributed by atoms with Crippen molar-refractivity contribution in [3.05, 3.63) is 47.5 Å². The summed E-state index contributed by atoms with van der Waals surface area (Å²) >= 11 is 0. The van der Waals surface area contributed by atoms with Crippen LogP contribution in [0.25, 0.3) is 0 Å². The highest BCUT2D eigenvalue weighted by Crippen LogP contribution is 2.32. The SMILES string of the molecule is C=CCC(F)(F)c1cc(C)cc(CN)c1. The van der Waals surface area contributed by atoms with Crippen LogP contribution in [0.1, 0.15) is 23.1 Å². The second kappa shape index (κ2) is 4.53. The molecule has 1 aromatic rings. The van der Waals surface area contributed by atoms with E-state index in [0.717, 1.165) is 11.1 Å². The molecule has 0 saturated carbocycles. The number of hydrogen-bond donors (Lipinski definition) is 1. The van der Waals surface area contributed by atoms with E-state index in [9.17, 15) is 8.78 Å². The predicted octanol–water partition coefficient (Wildman–Crippen LogP) is 3.12. The largest absolute Gasteiger partial charge is 0.326 e. The van der Waals surface area contributed by atoms with E-state index in [1.54, 1.807) is 6.92 Å². The van der Waals surface area contributed by atoms with Gasteiger partial charge in [-0.25, -0.2) is 8.78 Å². The molecule has 2 N–H and O–H groups in total. The van der Waals surface area contributed by atoms with Gasteiger partial charge in [0.15, 0.2) is 0 Å². The highest BCUT2D eigenvalue weighted by molar-refractivity contribution is 5.32. The van der Waals surface area contributed by atoms with Crippen molar-refractivity contribution in [3.63, 3.8) is 0 Å². The van der Waals surface area contributed by atoms with E-state index in [1.807, 2.05) is 6.07 Å². The van der Waals surface area contributed by atoms with Gasteiger partial charge in [-0.05, 0) is 18.6 Å². The zero-order valence-electron chi connectivity index (χ0n) is 8.76. The molecule has 82 valence electrons. The minimum absolute atomic E-state index is 0.0165. The average molecular weight is 211 g/mol. The molecule has 1 nitrogen and oxygen atoms in total. The Balaban J connectivity index is 3.12. The number of allylic oxidation sites excluding steroid dienone is 1. The first kappa shape index (κ1) is 11.9. The molecular formula is C12H15F2N. The molecule has 0 amide bonds. The molecule has 0 aromatic heterocycles. The Morgan fingerprint density at radius 3 is 2.60 bits per heavy atom. The average Bonchev–Trinajstić information content (AvgIpc) is 2.16. The molecule has 1 rings (SSSR count). The van der Waals surface area contributed by atoms with Crippen LogP contribution in [0.15, 0.2) is 30.9 Å². The molecule has 0 aliphatic rings. The lowest BCUT2D eigenvalue weighted by Gasteiger charge is -2.16. The molecule has 0 heterocycles. The fourth-order valence-electron chi connectivity index (χ4n) is 1.49. The lowest BCUT2D eigenvalue weighted by Crippen LogP contribution is -2.13. The molecule has 0 saturated heterocycles. The Morgan fingerprint density at radius 2 is 2.07 bits per heavy atom. The van der Waals surface area contributed by atoms with Crippen LogP contribution in [-0.2, 0) is 12.5 Å². The lowest BCUT2D eigenvalue weighted by molar-refractivity contribution is -0.000978. The van der Waals surface area contributed by atoms with Crippen LogP contribution in [0.5, 0.6) is 0 Å². The van der Waals surface area contributed by atoms with Crippen molar-refractivity contribution in [2.45, 2.75) is 25.8 Å². The summed E-state index contributed by atoms with van der Waals surface area (Å²) in [6.45, 7) is 5.39. The standard InChI is InChI=1S/C12H15F2N/c1-3-4-12(13,14)11-6-9(2)5-10(7-11)8-15/h3,5-7H,1,4,8,15H2,2H3. The smallest absolute Gasteiger partial charge is 0.276 e. The fraction of sp³-hybridized carbons (Fsp3) is 0.333. The second-order valence-electron chi connectivity index (χ2n) is 3.61. The maximum absolute atomic E-state index is 13.5. The Morgan fingerprint density at radius 1 is 1.40 bits per heavy atom. The minimum Gasteiger partial charge on any atom is -0.326 e. The van der Waals surface area contributed by atoms with E-state index >= 15 is 0 Å². The number of nitrogens with two attached hydrogens (primary N) is 1. The van der Waals surface area contributed by atoms with Crippen molar-refractivity contribution in [1.82, 2.24) is 0 Å². The van der Waals surface area contributed by atoms with Gasteiger partial charge in [0.25, 0.3) is 5.92 Å². The Kier molecular flexibility index (Phi) is 3.58. The zero-order chi connectivity index (χ0) is 11.5. The van der Waals surface area contributed by atoms with Crippen LogP contribution in [0.2, 0.25) is 0 Å². The van der Waals surface area contributed by atoms with Crippen molar-refractivity contribution in [3.8, 4) is 0 Å². The van der Waals surface area contributed by atoms with Gasteiger partial charge < -0.3 is 5.73 Å². The van der Waals surface area contributed by atoms with Gasteiger partial charge in [-0.15, -0.1) is 6.58 Å². The van der Waals surface area contributed by atoms with Crippen molar-refractivity contribution in [2.24, 2.45) is 5.73 Å². The summed E-state index contributed by atoms with van der Waals surface area (Å²) in [5.74, 6) is -2.85. The topological polar surface area (TPSA) is 26.0 Å². The number of rotatable bonds is 4. The molecule has 1 aromatic carbocycles.